The van der Waals surface area contributed by atoms with Crippen LogP contribution in [0.15, 0.2) is 66.8 Å². The first kappa shape index (κ1) is 51.3. The number of benzene rings is 1. The van der Waals surface area contributed by atoms with Gasteiger partial charge in [0.1, 0.15) is 5.76 Å². The van der Waals surface area contributed by atoms with Crippen molar-refractivity contribution in [2.45, 2.75) is 6.92 Å². The number of rotatable bonds is 6. The minimum absolute atomic E-state index is 0. The first-order chi connectivity index (χ1) is 14.4. The predicted octanol–water partition coefficient (Wildman–Crippen LogP) is 3.94. The minimum atomic E-state index is 0. The van der Waals surface area contributed by atoms with Gasteiger partial charge >= 0.3 is 67.8 Å². The fraction of sp³-hybridized carbons (Fsp3) is 0.0909. The topological polar surface area (TPSA) is 129 Å². The van der Waals surface area contributed by atoms with E-state index in [4.69, 9.17) is 39.2 Å². The Labute approximate surface area is 204 Å². The molecule has 9 heteroatoms. The average Bonchev–Trinajstić information content (AvgIpc) is 2.86. The van der Waals surface area contributed by atoms with Crippen LogP contribution >= 0.6 is 0 Å². The zero-order chi connectivity index (χ0) is 24.3. The molecule has 0 bridgehead atoms. The summed E-state index contributed by atoms with van der Waals surface area (Å²) >= 11 is 0. The Kier molecular flexibility index (Phi) is 117. The van der Waals surface area contributed by atoms with Gasteiger partial charge in [-0.25, -0.2) is 12.2 Å². The molecule has 0 saturated heterocycles. The molecule has 7 nitrogen and oxygen atoms in total. The second kappa shape index (κ2) is 71.0. The maximum Gasteiger partial charge on any atom is 0.126 e. The van der Waals surface area contributed by atoms with Crippen molar-refractivity contribution < 1.29 is 66.8 Å². The largest absolute Gasteiger partial charge is 0.493 e. The summed E-state index contributed by atoms with van der Waals surface area (Å²) in [6.07, 6.45) is 10.9. The van der Waals surface area contributed by atoms with Gasteiger partial charge in [-0.2, -0.15) is 0 Å². The van der Waals surface area contributed by atoms with E-state index in [1.165, 1.54) is 6.08 Å². The number of allylic oxidation sites excluding steroid dienone is 6. The average molecular weight is 504 g/mol. The van der Waals surface area contributed by atoms with Crippen LogP contribution in [0.4, 0.5) is 0 Å². The SMILES string of the molecule is [C-]#[O+].[C-]#[O+].[C-]#[O+].[C-]#[O+].[C-]#[O+].[C-]#[O+].[CH-]=C\C=C/C=C\C=C(/OCC)c1ccccc1.[Fe].[Mn]. The number of ether oxygens (including phenoxy) is 1. The monoisotopic (exact) mass is 504 g/mol. The van der Waals surface area contributed by atoms with Crippen molar-refractivity contribution in [3.63, 3.8) is 0 Å². The van der Waals surface area contributed by atoms with E-state index in [9.17, 15) is 0 Å². The molecule has 31 heavy (non-hydrogen) atoms. The summed E-state index contributed by atoms with van der Waals surface area (Å²) in [7, 11) is 0. The molecular formula is C22H17FeMnO7-. The first-order valence-electron chi connectivity index (χ1n) is 6.87. The number of hydrogen-bond donors (Lipinski definition) is 0. The van der Waals surface area contributed by atoms with E-state index >= 15 is 0 Å². The molecule has 0 saturated carbocycles. The van der Waals surface area contributed by atoms with Crippen LogP contribution < -0.4 is 0 Å². The summed E-state index contributed by atoms with van der Waals surface area (Å²) in [6, 6.07) is 10.0. The molecule has 0 amide bonds. The molecule has 0 heterocycles. The van der Waals surface area contributed by atoms with Crippen LogP contribution in [-0.4, -0.2) is 6.61 Å². The molecule has 0 aliphatic carbocycles. The van der Waals surface area contributed by atoms with Crippen molar-refractivity contribution >= 4 is 5.76 Å². The van der Waals surface area contributed by atoms with Crippen LogP contribution in [-0.2, 0) is 66.8 Å². The molecule has 0 spiro atoms. The molecule has 0 N–H and O–H groups in total. The Balaban J connectivity index is -0.0000000545. The molecule has 0 aromatic heterocycles. The van der Waals surface area contributed by atoms with Gasteiger partial charge in [0.05, 0.1) is 6.61 Å². The maximum atomic E-state index is 7.50. The molecule has 0 unspecified atom stereocenters. The van der Waals surface area contributed by atoms with E-state index in [1.54, 1.807) is 6.08 Å². The number of hydrogen-bond acceptors (Lipinski definition) is 1. The maximum absolute atomic E-state index is 7.50. The normalized spacial score (nSPS) is 7.06. The summed E-state index contributed by atoms with van der Waals surface area (Å²) < 4.78 is 50.6. The summed E-state index contributed by atoms with van der Waals surface area (Å²) in [5.74, 6) is 0.870. The summed E-state index contributed by atoms with van der Waals surface area (Å²) in [5, 5.41) is 0. The van der Waals surface area contributed by atoms with E-state index in [-0.39, 0.29) is 34.1 Å². The molecule has 1 rings (SSSR count). The van der Waals surface area contributed by atoms with Crippen molar-refractivity contribution in [2.24, 2.45) is 0 Å². The van der Waals surface area contributed by atoms with Crippen molar-refractivity contribution in [2.75, 3.05) is 6.61 Å². The molecule has 1 radical (unpaired) electrons. The summed E-state index contributed by atoms with van der Waals surface area (Å²) in [4.78, 5) is 0. The van der Waals surface area contributed by atoms with E-state index in [2.05, 4.69) is 39.9 Å². The van der Waals surface area contributed by atoms with Crippen LogP contribution in [0, 0.1) is 46.5 Å². The molecule has 0 aliphatic rings. The van der Waals surface area contributed by atoms with Gasteiger partial charge in [0.15, 0.2) is 0 Å². The zero-order valence-electron chi connectivity index (χ0n) is 16.2. The molecule has 0 aliphatic heterocycles. The molecular weight excluding hydrogens is 487 g/mol. The van der Waals surface area contributed by atoms with Crippen LogP contribution in [0.3, 0.4) is 0 Å². The van der Waals surface area contributed by atoms with Gasteiger partial charge < -0.3 is 4.74 Å². The fourth-order valence-corrected chi connectivity index (χ4v) is 1.32. The standard InChI is InChI=1S/C16H17O.6CO.Fe.Mn/c1-3-5-6-7-11-14-16(17-4-2)15-12-9-8-10-13-15;6*1-2;;/h1,3,5-14H,4H2,2H3;;;;;;;;/q-1;;;;;;;;/b6-5-,11-7-,16-14-;;;;;;;;. The van der Waals surface area contributed by atoms with Gasteiger partial charge in [0, 0.05) is 39.7 Å². The first-order valence-corrected chi connectivity index (χ1v) is 6.87. The van der Waals surface area contributed by atoms with Gasteiger partial charge in [-0.3, -0.25) is 6.58 Å². The van der Waals surface area contributed by atoms with Crippen molar-refractivity contribution in [1.82, 2.24) is 0 Å². The quantitative estimate of drug-likeness (QED) is 0.188. The van der Waals surface area contributed by atoms with Crippen LogP contribution in [0.1, 0.15) is 12.5 Å². The summed E-state index contributed by atoms with van der Waals surface area (Å²) in [5.41, 5.74) is 1.08. The smallest absolute Gasteiger partial charge is 0.126 e. The van der Waals surface area contributed by atoms with Crippen molar-refractivity contribution in [3.05, 3.63) is 119 Å². The summed E-state index contributed by atoms with van der Waals surface area (Å²) in [6.45, 7) is 34.9. The Bertz CT molecular complexity index is 621. The van der Waals surface area contributed by atoms with Gasteiger partial charge in [-0.1, -0.05) is 42.5 Å². The Hall–Kier alpha value is -2.54. The third kappa shape index (κ3) is 47.0. The fourth-order valence-electron chi connectivity index (χ4n) is 1.32. The van der Waals surface area contributed by atoms with E-state index in [0.717, 1.165) is 11.3 Å². The molecule has 1 aromatic carbocycles. The molecule has 0 atom stereocenters. The van der Waals surface area contributed by atoms with Crippen LogP contribution in [0.25, 0.3) is 5.76 Å². The van der Waals surface area contributed by atoms with Crippen LogP contribution in [0.2, 0.25) is 0 Å². The minimum Gasteiger partial charge on any atom is -0.493 e. The van der Waals surface area contributed by atoms with E-state index < -0.39 is 0 Å². The third-order valence-corrected chi connectivity index (χ3v) is 2.05. The van der Waals surface area contributed by atoms with Crippen molar-refractivity contribution in [3.8, 4) is 0 Å². The van der Waals surface area contributed by atoms with Gasteiger partial charge in [0.2, 0.25) is 0 Å². The second-order valence-corrected chi connectivity index (χ2v) is 3.29. The Morgan fingerprint density at radius 1 is 0.774 bits per heavy atom. The molecule has 0 fully saturated rings. The molecule has 1 aromatic rings. The zero-order valence-corrected chi connectivity index (χ0v) is 18.5. The van der Waals surface area contributed by atoms with Gasteiger partial charge in [-0.15, -0.1) is 6.08 Å². The van der Waals surface area contributed by atoms with Gasteiger partial charge in [-0.05, 0) is 13.0 Å². The van der Waals surface area contributed by atoms with Crippen LogP contribution in [0.5, 0.6) is 0 Å². The molecule has 163 valence electrons. The van der Waals surface area contributed by atoms with E-state index in [0.29, 0.717) is 6.61 Å². The van der Waals surface area contributed by atoms with E-state index in [1.807, 2.05) is 61.6 Å². The van der Waals surface area contributed by atoms with Crippen molar-refractivity contribution in [1.29, 1.82) is 0 Å². The predicted molar refractivity (Wildman–Crippen MR) is 96.8 cm³/mol. The Morgan fingerprint density at radius 3 is 1.52 bits per heavy atom. The Morgan fingerprint density at radius 2 is 1.16 bits per heavy atom. The third-order valence-electron chi connectivity index (χ3n) is 2.05. The second-order valence-electron chi connectivity index (χ2n) is 3.29. The van der Waals surface area contributed by atoms with Gasteiger partial charge in [0.25, 0.3) is 0 Å².